The number of hydrogen-bond donors (Lipinski definition) is 2. The third kappa shape index (κ3) is 7.81. The quantitative estimate of drug-likeness (QED) is 0.213. The number of hydrogen-bond acceptors (Lipinski definition) is 3. The molecule has 0 unspecified atom stereocenters. The zero-order chi connectivity index (χ0) is 18.1. The van der Waals surface area contributed by atoms with Crippen molar-refractivity contribution in [2.24, 2.45) is 4.99 Å². The molecule has 2 N–H and O–H groups in total. The van der Waals surface area contributed by atoms with Gasteiger partial charge in [-0.25, -0.2) is 4.99 Å². The van der Waals surface area contributed by atoms with E-state index in [4.69, 9.17) is 0 Å². The molecular weight excluding hydrogens is 443 g/mol. The van der Waals surface area contributed by atoms with E-state index < -0.39 is 4.92 Å². The van der Waals surface area contributed by atoms with Crippen LogP contribution in [0.5, 0.6) is 0 Å². The minimum Gasteiger partial charge on any atom is -0.356 e. The smallest absolute Gasteiger partial charge is 0.269 e. The van der Waals surface area contributed by atoms with Gasteiger partial charge < -0.3 is 10.6 Å². The second-order valence-electron chi connectivity index (χ2n) is 6.05. The van der Waals surface area contributed by atoms with Crippen molar-refractivity contribution in [1.82, 2.24) is 10.6 Å². The Morgan fingerprint density at radius 2 is 1.73 bits per heavy atom. The van der Waals surface area contributed by atoms with Crippen LogP contribution in [0.25, 0.3) is 0 Å². The van der Waals surface area contributed by atoms with Crippen molar-refractivity contribution in [2.75, 3.05) is 6.54 Å². The number of nitro benzene ring substituents is 1. The van der Waals surface area contributed by atoms with E-state index in [0.29, 0.717) is 6.54 Å². The highest BCUT2D eigenvalue weighted by Gasteiger charge is 2.05. The lowest BCUT2D eigenvalue weighted by molar-refractivity contribution is -0.384. The molecule has 0 amide bonds. The molecule has 7 heteroatoms. The number of nitro groups is 1. The van der Waals surface area contributed by atoms with E-state index in [1.807, 2.05) is 18.2 Å². The van der Waals surface area contributed by atoms with Crippen LogP contribution >= 0.6 is 24.0 Å². The van der Waals surface area contributed by atoms with Crippen LogP contribution in [-0.4, -0.2) is 23.5 Å². The average Bonchev–Trinajstić information content (AvgIpc) is 2.60. The Morgan fingerprint density at radius 3 is 2.31 bits per heavy atom. The number of halogens is 1. The van der Waals surface area contributed by atoms with Crippen molar-refractivity contribution in [3.8, 4) is 0 Å². The molecule has 0 aliphatic rings. The van der Waals surface area contributed by atoms with Gasteiger partial charge in [-0.05, 0) is 31.4 Å². The van der Waals surface area contributed by atoms with Crippen molar-refractivity contribution in [3.05, 3.63) is 75.8 Å². The minimum atomic E-state index is -0.399. The van der Waals surface area contributed by atoms with E-state index >= 15 is 0 Å². The summed E-state index contributed by atoms with van der Waals surface area (Å²) in [5.74, 6) is 0.740. The first-order valence-corrected chi connectivity index (χ1v) is 8.36. The summed E-state index contributed by atoms with van der Waals surface area (Å²) >= 11 is 0. The van der Waals surface area contributed by atoms with Gasteiger partial charge >= 0.3 is 0 Å². The van der Waals surface area contributed by atoms with Gasteiger partial charge in [0, 0.05) is 24.7 Å². The van der Waals surface area contributed by atoms with Gasteiger partial charge in [0.15, 0.2) is 5.96 Å². The average molecular weight is 468 g/mol. The molecular formula is C19H25IN4O2. The Morgan fingerprint density at radius 1 is 1.08 bits per heavy atom. The summed E-state index contributed by atoms with van der Waals surface area (Å²) in [7, 11) is 0. The van der Waals surface area contributed by atoms with Crippen LogP contribution in [0.3, 0.4) is 0 Å². The molecule has 0 atom stereocenters. The molecule has 0 aliphatic carbocycles. The Kier molecular flexibility index (Phi) is 9.64. The summed E-state index contributed by atoms with van der Waals surface area (Å²) in [6, 6.07) is 17.0. The summed E-state index contributed by atoms with van der Waals surface area (Å²) in [5.41, 5.74) is 2.29. The predicted octanol–water partition coefficient (Wildman–Crippen LogP) is 3.90. The van der Waals surface area contributed by atoms with Crippen LogP contribution in [0.4, 0.5) is 5.69 Å². The molecule has 0 radical (unpaired) electrons. The van der Waals surface area contributed by atoms with E-state index in [-0.39, 0.29) is 35.7 Å². The Labute approximate surface area is 171 Å². The summed E-state index contributed by atoms with van der Waals surface area (Å²) in [6.45, 7) is 5.36. The Hall–Kier alpha value is -2.16. The van der Waals surface area contributed by atoms with Gasteiger partial charge in [0.05, 0.1) is 11.5 Å². The molecule has 0 aliphatic heterocycles. The summed E-state index contributed by atoms with van der Waals surface area (Å²) in [4.78, 5) is 14.9. The SMILES string of the molecule is CC(C)NC(=NCc1ccc([N+](=O)[O-])cc1)NCCc1ccccc1.I. The lowest BCUT2D eigenvalue weighted by Crippen LogP contribution is -2.41. The highest BCUT2D eigenvalue weighted by atomic mass is 127. The number of aliphatic imine (C=N–C) groups is 1. The first-order valence-electron chi connectivity index (χ1n) is 8.36. The molecule has 2 aromatic rings. The van der Waals surface area contributed by atoms with E-state index in [2.05, 4.69) is 41.6 Å². The number of nitrogens with one attached hydrogen (secondary N) is 2. The monoisotopic (exact) mass is 468 g/mol. The van der Waals surface area contributed by atoms with Crippen LogP contribution in [-0.2, 0) is 13.0 Å². The molecule has 0 fully saturated rings. The molecule has 26 heavy (non-hydrogen) atoms. The summed E-state index contributed by atoms with van der Waals surface area (Å²) < 4.78 is 0. The second-order valence-corrected chi connectivity index (χ2v) is 6.05. The topological polar surface area (TPSA) is 79.6 Å². The number of non-ortho nitro benzene ring substituents is 1. The maximum atomic E-state index is 10.7. The Bertz CT molecular complexity index is 703. The number of guanidine groups is 1. The lowest BCUT2D eigenvalue weighted by atomic mass is 10.1. The van der Waals surface area contributed by atoms with Crippen molar-refractivity contribution >= 4 is 35.6 Å². The number of benzene rings is 2. The van der Waals surface area contributed by atoms with E-state index in [9.17, 15) is 10.1 Å². The Balaban J connectivity index is 0.00000338. The fraction of sp³-hybridized carbons (Fsp3) is 0.316. The summed E-state index contributed by atoms with van der Waals surface area (Å²) in [5, 5.41) is 17.3. The van der Waals surface area contributed by atoms with E-state index in [1.54, 1.807) is 12.1 Å². The maximum absolute atomic E-state index is 10.7. The zero-order valence-electron chi connectivity index (χ0n) is 15.0. The van der Waals surface area contributed by atoms with Crippen LogP contribution in [0.2, 0.25) is 0 Å². The molecule has 140 valence electrons. The maximum Gasteiger partial charge on any atom is 0.269 e. The minimum absolute atomic E-state index is 0. The third-order valence-electron chi connectivity index (χ3n) is 3.54. The molecule has 0 heterocycles. The molecule has 2 aromatic carbocycles. The fourth-order valence-corrected chi connectivity index (χ4v) is 2.29. The van der Waals surface area contributed by atoms with Gasteiger partial charge in [0.25, 0.3) is 5.69 Å². The molecule has 0 bridgehead atoms. The van der Waals surface area contributed by atoms with E-state index in [0.717, 1.165) is 24.5 Å². The lowest BCUT2D eigenvalue weighted by Gasteiger charge is -2.15. The van der Waals surface area contributed by atoms with Gasteiger partial charge in [-0.1, -0.05) is 42.5 Å². The summed E-state index contributed by atoms with van der Waals surface area (Å²) in [6.07, 6.45) is 0.914. The standard InChI is InChI=1S/C19H24N4O2.HI/c1-15(2)22-19(20-13-12-16-6-4-3-5-7-16)21-14-17-8-10-18(11-9-17)23(24)25;/h3-11,15H,12-14H2,1-2H3,(H2,20,21,22);1H. The largest absolute Gasteiger partial charge is 0.356 e. The first kappa shape index (κ1) is 21.9. The predicted molar refractivity (Wildman–Crippen MR) is 116 cm³/mol. The van der Waals surface area contributed by atoms with Crippen molar-refractivity contribution < 1.29 is 4.92 Å². The van der Waals surface area contributed by atoms with Crippen LogP contribution < -0.4 is 10.6 Å². The molecule has 0 spiro atoms. The molecule has 0 saturated heterocycles. The molecule has 0 aromatic heterocycles. The first-order chi connectivity index (χ1) is 12.0. The van der Waals surface area contributed by atoms with Crippen LogP contribution in [0, 0.1) is 10.1 Å². The third-order valence-corrected chi connectivity index (χ3v) is 3.54. The van der Waals surface area contributed by atoms with Gasteiger partial charge in [0.2, 0.25) is 0 Å². The van der Waals surface area contributed by atoms with Gasteiger partial charge in [-0.3, -0.25) is 10.1 Å². The molecule has 6 nitrogen and oxygen atoms in total. The van der Waals surface area contributed by atoms with E-state index in [1.165, 1.54) is 17.7 Å². The van der Waals surface area contributed by atoms with Gasteiger partial charge in [-0.2, -0.15) is 0 Å². The second kappa shape index (κ2) is 11.5. The zero-order valence-corrected chi connectivity index (χ0v) is 17.3. The highest BCUT2D eigenvalue weighted by molar-refractivity contribution is 14.0. The number of nitrogens with zero attached hydrogens (tertiary/aromatic N) is 2. The molecule has 2 rings (SSSR count). The van der Waals surface area contributed by atoms with Gasteiger partial charge in [0.1, 0.15) is 0 Å². The van der Waals surface area contributed by atoms with Crippen LogP contribution in [0.15, 0.2) is 59.6 Å². The van der Waals surface area contributed by atoms with Crippen molar-refractivity contribution in [2.45, 2.75) is 32.9 Å². The number of rotatable bonds is 7. The van der Waals surface area contributed by atoms with Crippen molar-refractivity contribution in [3.63, 3.8) is 0 Å². The normalized spacial score (nSPS) is 11.0. The van der Waals surface area contributed by atoms with Crippen LogP contribution in [0.1, 0.15) is 25.0 Å². The van der Waals surface area contributed by atoms with Gasteiger partial charge in [-0.15, -0.1) is 24.0 Å². The molecule has 0 saturated carbocycles. The highest BCUT2D eigenvalue weighted by Crippen LogP contribution is 2.12. The fourth-order valence-electron chi connectivity index (χ4n) is 2.29. The van der Waals surface area contributed by atoms with Crippen molar-refractivity contribution in [1.29, 1.82) is 0 Å².